The second-order valence-electron chi connectivity index (χ2n) is 5.84. The Balaban J connectivity index is 1.66. The van der Waals surface area contributed by atoms with E-state index in [-0.39, 0.29) is 29.8 Å². The number of sulfone groups is 1. The van der Waals surface area contributed by atoms with Crippen molar-refractivity contribution in [3.63, 3.8) is 0 Å². The molecule has 0 spiro atoms. The van der Waals surface area contributed by atoms with Crippen LogP contribution < -0.4 is 10.1 Å². The van der Waals surface area contributed by atoms with E-state index in [1.807, 2.05) is 0 Å². The molecule has 0 unspecified atom stereocenters. The summed E-state index contributed by atoms with van der Waals surface area (Å²) in [6.45, 7) is 0.147. The van der Waals surface area contributed by atoms with Gasteiger partial charge in [-0.1, -0.05) is 12.1 Å². The number of carbonyl (C=O) groups is 1. The predicted octanol–water partition coefficient (Wildman–Crippen LogP) is 2.06. The number of carbonyl (C=O) groups excluding carboxylic acids is 1. The van der Waals surface area contributed by atoms with Crippen LogP contribution in [-0.4, -0.2) is 30.8 Å². The average Bonchev–Trinajstić information content (AvgIpc) is 2.94. The highest BCUT2D eigenvalue weighted by Crippen LogP contribution is 2.24. The Labute approximate surface area is 145 Å². The van der Waals surface area contributed by atoms with Crippen LogP contribution >= 0.6 is 0 Å². The summed E-state index contributed by atoms with van der Waals surface area (Å²) in [5, 5.41) is 2.72. The van der Waals surface area contributed by atoms with Gasteiger partial charge < -0.3 is 10.1 Å². The molecule has 1 aliphatic rings. The van der Waals surface area contributed by atoms with E-state index in [9.17, 15) is 17.6 Å². The average molecular weight is 364 g/mol. The fourth-order valence-corrected chi connectivity index (χ4v) is 4.36. The van der Waals surface area contributed by atoms with E-state index in [0.29, 0.717) is 17.7 Å². The van der Waals surface area contributed by atoms with Crippen LogP contribution in [0.3, 0.4) is 0 Å². The van der Waals surface area contributed by atoms with Gasteiger partial charge in [0.1, 0.15) is 11.6 Å². The van der Waals surface area contributed by atoms with Crippen LogP contribution in [0.15, 0.2) is 42.6 Å². The highest BCUT2D eigenvalue weighted by molar-refractivity contribution is 7.91. The van der Waals surface area contributed by atoms with Crippen molar-refractivity contribution in [2.45, 2.75) is 13.0 Å². The van der Waals surface area contributed by atoms with Crippen LogP contribution in [0.5, 0.6) is 11.6 Å². The lowest BCUT2D eigenvalue weighted by Crippen LogP contribution is -2.31. The summed E-state index contributed by atoms with van der Waals surface area (Å²) < 4.78 is 41.8. The lowest BCUT2D eigenvalue weighted by atomic mass is 10.1. The third kappa shape index (κ3) is 4.54. The maximum Gasteiger partial charge on any atom is 0.224 e. The van der Waals surface area contributed by atoms with Crippen LogP contribution in [0.25, 0.3) is 0 Å². The molecule has 6 nitrogen and oxygen atoms in total. The molecule has 8 heteroatoms. The molecule has 1 amide bonds. The SMILES string of the molecule is O=C(NCc1cccnc1Oc1cccc(F)c1)[C@@H]1CCS(=O)(=O)C1. The standard InChI is InChI=1S/C17H17FN2O4S/c18-14-4-1-5-15(9-14)24-17-12(3-2-7-19-17)10-20-16(21)13-6-8-25(22,23)11-13/h1-5,7,9,13H,6,8,10-11H2,(H,20,21)/t13-/m1/s1. The number of ether oxygens (including phenoxy) is 1. The van der Waals surface area contributed by atoms with Gasteiger partial charge in [-0.05, 0) is 24.6 Å². The molecule has 1 fully saturated rings. The number of amides is 1. The number of halogens is 1. The van der Waals surface area contributed by atoms with Gasteiger partial charge in [-0.25, -0.2) is 17.8 Å². The third-order valence-electron chi connectivity index (χ3n) is 3.92. The van der Waals surface area contributed by atoms with Crippen molar-refractivity contribution in [2.75, 3.05) is 11.5 Å². The van der Waals surface area contributed by atoms with E-state index in [4.69, 9.17) is 4.74 Å². The molecule has 1 saturated heterocycles. The quantitative estimate of drug-likeness (QED) is 0.878. The number of benzene rings is 1. The molecule has 0 aliphatic carbocycles. The van der Waals surface area contributed by atoms with E-state index in [1.165, 1.54) is 24.4 Å². The first-order chi connectivity index (χ1) is 11.9. The molecule has 2 heterocycles. The van der Waals surface area contributed by atoms with Gasteiger partial charge in [-0.2, -0.15) is 0 Å². The van der Waals surface area contributed by atoms with Crippen molar-refractivity contribution in [1.82, 2.24) is 10.3 Å². The fraction of sp³-hybridized carbons (Fsp3) is 0.294. The normalized spacial score (nSPS) is 18.7. The Hall–Kier alpha value is -2.48. The van der Waals surface area contributed by atoms with Gasteiger partial charge in [0, 0.05) is 24.4 Å². The van der Waals surface area contributed by atoms with Crippen molar-refractivity contribution in [1.29, 1.82) is 0 Å². The number of nitrogens with one attached hydrogen (secondary N) is 1. The van der Waals surface area contributed by atoms with Gasteiger partial charge in [0.25, 0.3) is 0 Å². The van der Waals surface area contributed by atoms with Gasteiger partial charge in [-0.15, -0.1) is 0 Å². The zero-order valence-corrected chi connectivity index (χ0v) is 14.1. The second kappa shape index (κ2) is 7.18. The second-order valence-corrected chi connectivity index (χ2v) is 8.07. The molecule has 1 aromatic carbocycles. The molecule has 1 atom stereocenters. The molecule has 3 rings (SSSR count). The van der Waals surface area contributed by atoms with Crippen molar-refractivity contribution in [2.24, 2.45) is 5.92 Å². The largest absolute Gasteiger partial charge is 0.439 e. The summed E-state index contributed by atoms with van der Waals surface area (Å²) in [4.78, 5) is 16.2. The van der Waals surface area contributed by atoms with E-state index in [0.717, 1.165) is 0 Å². The number of aromatic nitrogens is 1. The van der Waals surface area contributed by atoms with E-state index in [2.05, 4.69) is 10.3 Å². The Bertz CT molecular complexity index is 886. The third-order valence-corrected chi connectivity index (χ3v) is 5.68. The van der Waals surface area contributed by atoms with Crippen LogP contribution in [0, 0.1) is 11.7 Å². The molecule has 0 saturated carbocycles. The minimum absolute atomic E-state index is 0.0475. The van der Waals surface area contributed by atoms with Crippen molar-refractivity contribution in [3.8, 4) is 11.6 Å². The van der Waals surface area contributed by atoms with Gasteiger partial charge in [-0.3, -0.25) is 4.79 Å². The first-order valence-corrected chi connectivity index (χ1v) is 9.60. The van der Waals surface area contributed by atoms with Gasteiger partial charge >= 0.3 is 0 Å². The van der Waals surface area contributed by atoms with Gasteiger partial charge in [0.15, 0.2) is 9.84 Å². The number of hydrogen-bond donors (Lipinski definition) is 1. The molecule has 1 aliphatic heterocycles. The van der Waals surface area contributed by atoms with Crippen LogP contribution in [0.4, 0.5) is 4.39 Å². The van der Waals surface area contributed by atoms with Crippen LogP contribution in [0.2, 0.25) is 0 Å². The maximum absolute atomic E-state index is 13.3. The molecule has 0 radical (unpaired) electrons. The minimum atomic E-state index is -3.11. The predicted molar refractivity (Wildman–Crippen MR) is 89.3 cm³/mol. The molecule has 25 heavy (non-hydrogen) atoms. The molecule has 1 N–H and O–H groups in total. The zero-order valence-electron chi connectivity index (χ0n) is 13.3. The topological polar surface area (TPSA) is 85.4 Å². The van der Waals surface area contributed by atoms with Crippen molar-refractivity contribution < 1.29 is 22.3 Å². The summed E-state index contributed by atoms with van der Waals surface area (Å²) in [6.07, 6.45) is 1.87. The monoisotopic (exact) mass is 364 g/mol. The Morgan fingerprint density at radius 1 is 1.32 bits per heavy atom. The molecule has 0 bridgehead atoms. The Morgan fingerprint density at radius 2 is 2.16 bits per heavy atom. The van der Waals surface area contributed by atoms with Crippen molar-refractivity contribution >= 4 is 15.7 Å². The molecule has 2 aromatic rings. The Kier molecular flexibility index (Phi) is 4.98. The van der Waals surface area contributed by atoms with E-state index < -0.39 is 21.6 Å². The summed E-state index contributed by atoms with van der Waals surface area (Å²) in [5.41, 5.74) is 0.612. The lowest BCUT2D eigenvalue weighted by Gasteiger charge is -2.12. The molecular weight excluding hydrogens is 347 g/mol. The first-order valence-electron chi connectivity index (χ1n) is 7.78. The molecule has 132 valence electrons. The fourth-order valence-electron chi connectivity index (χ4n) is 2.62. The summed E-state index contributed by atoms with van der Waals surface area (Å²) in [7, 11) is -3.11. The Morgan fingerprint density at radius 3 is 2.88 bits per heavy atom. The highest BCUT2D eigenvalue weighted by atomic mass is 32.2. The number of rotatable bonds is 5. The van der Waals surface area contributed by atoms with Gasteiger partial charge in [0.2, 0.25) is 11.8 Å². The van der Waals surface area contributed by atoms with Crippen molar-refractivity contribution in [3.05, 3.63) is 54.0 Å². The minimum Gasteiger partial charge on any atom is -0.439 e. The van der Waals surface area contributed by atoms with Crippen LogP contribution in [0.1, 0.15) is 12.0 Å². The summed E-state index contributed by atoms with van der Waals surface area (Å²) >= 11 is 0. The summed E-state index contributed by atoms with van der Waals surface area (Å²) in [5.74, 6) is -0.757. The zero-order chi connectivity index (χ0) is 17.9. The molecular formula is C17H17FN2O4S. The van der Waals surface area contributed by atoms with E-state index >= 15 is 0 Å². The summed E-state index contributed by atoms with van der Waals surface area (Å²) in [6, 6.07) is 9.09. The lowest BCUT2D eigenvalue weighted by molar-refractivity contribution is -0.124. The van der Waals surface area contributed by atoms with Crippen LogP contribution in [-0.2, 0) is 21.2 Å². The maximum atomic E-state index is 13.3. The van der Waals surface area contributed by atoms with Gasteiger partial charge in [0.05, 0.1) is 17.4 Å². The molecule has 1 aromatic heterocycles. The highest BCUT2D eigenvalue weighted by Gasteiger charge is 2.32. The number of hydrogen-bond acceptors (Lipinski definition) is 5. The van der Waals surface area contributed by atoms with E-state index in [1.54, 1.807) is 18.2 Å². The number of pyridine rings is 1. The number of nitrogens with zero attached hydrogens (tertiary/aromatic N) is 1. The first kappa shape index (κ1) is 17.3. The smallest absolute Gasteiger partial charge is 0.224 e.